The largest absolute Gasteiger partial charge is 0.481 e. The summed E-state index contributed by atoms with van der Waals surface area (Å²) in [6.07, 6.45) is 0.332. The van der Waals surface area contributed by atoms with Gasteiger partial charge < -0.3 is 15.4 Å². The molecule has 2 amide bonds. The van der Waals surface area contributed by atoms with Crippen molar-refractivity contribution in [2.24, 2.45) is 0 Å². The number of anilines is 1. The molecule has 0 bridgehead atoms. The number of ether oxygens (including phenoxy) is 1. The Balaban J connectivity index is 1.94. The molecule has 0 aliphatic rings. The summed E-state index contributed by atoms with van der Waals surface area (Å²) in [6.45, 7) is 3.78. The maximum absolute atomic E-state index is 12.2. The van der Waals surface area contributed by atoms with Gasteiger partial charge in [-0.3, -0.25) is 9.59 Å². The molecule has 2 N–H and O–H groups in total. The van der Waals surface area contributed by atoms with Crippen LogP contribution >= 0.6 is 0 Å². The molecule has 126 valence electrons. The van der Waals surface area contributed by atoms with Crippen molar-refractivity contribution in [2.75, 3.05) is 12.4 Å². The Bertz CT molecular complexity index is 694. The molecule has 0 fully saturated rings. The first-order chi connectivity index (χ1) is 11.5. The van der Waals surface area contributed by atoms with E-state index < -0.39 is 6.10 Å². The molecule has 0 spiro atoms. The Labute approximate surface area is 142 Å². The zero-order valence-corrected chi connectivity index (χ0v) is 14.1. The molecule has 1 atom stereocenters. The zero-order chi connectivity index (χ0) is 17.5. The maximum Gasteiger partial charge on any atom is 0.265 e. The molecule has 1 unspecified atom stereocenters. The summed E-state index contributed by atoms with van der Waals surface area (Å²) >= 11 is 0. The fourth-order valence-electron chi connectivity index (χ4n) is 2.15. The summed E-state index contributed by atoms with van der Waals surface area (Å²) < 4.78 is 5.65. The highest BCUT2D eigenvalue weighted by Gasteiger charge is 2.15. The monoisotopic (exact) mass is 326 g/mol. The van der Waals surface area contributed by atoms with Gasteiger partial charge in [-0.25, -0.2) is 0 Å². The van der Waals surface area contributed by atoms with Gasteiger partial charge in [0.25, 0.3) is 11.8 Å². The third kappa shape index (κ3) is 4.59. The molecule has 0 saturated carbocycles. The highest BCUT2D eigenvalue weighted by atomic mass is 16.5. The minimum atomic E-state index is -0.629. The second-order valence-electron chi connectivity index (χ2n) is 5.40. The summed E-state index contributed by atoms with van der Waals surface area (Å²) in [5.41, 5.74) is 2.37. The second-order valence-corrected chi connectivity index (χ2v) is 5.40. The Morgan fingerprint density at radius 2 is 1.67 bits per heavy atom. The number of amides is 2. The summed E-state index contributed by atoms with van der Waals surface area (Å²) in [7, 11) is 1.57. The molecule has 2 aromatic carbocycles. The van der Waals surface area contributed by atoms with Gasteiger partial charge >= 0.3 is 0 Å². The van der Waals surface area contributed by atoms with Crippen molar-refractivity contribution >= 4 is 17.5 Å². The van der Waals surface area contributed by atoms with E-state index in [4.69, 9.17) is 4.74 Å². The van der Waals surface area contributed by atoms with Gasteiger partial charge in [0.05, 0.1) is 0 Å². The predicted octanol–water partition coefficient (Wildman–Crippen LogP) is 3.01. The lowest BCUT2D eigenvalue weighted by Crippen LogP contribution is -2.30. The van der Waals surface area contributed by atoms with Crippen LogP contribution in [0.15, 0.2) is 48.5 Å². The van der Waals surface area contributed by atoms with Crippen molar-refractivity contribution in [2.45, 2.75) is 26.4 Å². The van der Waals surface area contributed by atoms with Crippen molar-refractivity contribution < 1.29 is 14.3 Å². The first kappa shape index (κ1) is 17.5. The fourth-order valence-corrected chi connectivity index (χ4v) is 2.15. The molecular formula is C19H22N2O3. The van der Waals surface area contributed by atoms with E-state index in [0.29, 0.717) is 17.0 Å². The predicted molar refractivity (Wildman–Crippen MR) is 94.4 cm³/mol. The number of carbonyl (C=O) groups is 2. The van der Waals surface area contributed by atoms with Crippen LogP contribution in [0.2, 0.25) is 0 Å². The van der Waals surface area contributed by atoms with Crippen molar-refractivity contribution in [1.82, 2.24) is 5.32 Å². The molecule has 0 heterocycles. The average molecular weight is 326 g/mol. The first-order valence-electron chi connectivity index (χ1n) is 7.92. The van der Waals surface area contributed by atoms with Gasteiger partial charge in [0, 0.05) is 18.3 Å². The minimum absolute atomic E-state index is 0.167. The number of carbonyl (C=O) groups excluding carboxylic acids is 2. The third-order valence-electron chi connectivity index (χ3n) is 3.66. The molecule has 2 aromatic rings. The topological polar surface area (TPSA) is 67.4 Å². The van der Waals surface area contributed by atoms with Crippen LogP contribution in [0.5, 0.6) is 5.75 Å². The third-order valence-corrected chi connectivity index (χ3v) is 3.66. The van der Waals surface area contributed by atoms with Crippen LogP contribution in [0.1, 0.15) is 29.8 Å². The van der Waals surface area contributed by atoms with E-state index >= 15 is 0 Å². The summed E-state index contributed by atoms with van der Waals surface area (Å²) in [5.74, 6) is 0.243. The van der Waals surface area contributed by atoms with Gasteiger partial charge in [0.15, 0.2) is 6.10 Å². The van der Waals surface area contributed by atoms with Crippen LogP contribution in [0.3, 0.4) is 0 Å². The van der Waals surface area contributed by atoms with E-state index in [-0.39, 0.29) is 11.8 Å². The molecular weight excluding hydrogens is 304 g/mol. The average Bonchev–Trinajstić information content (AvgIpc) is 2.62. The van der Waals surface area contributed by atoms with Crippen LogP contribution in [0, 0.1) is 0 Å². The van der Waals surface area contributed by atoms with Crippen LogP contribution in [-0.4, -0.2) is 25.0 Å². The lowest BCUT2D eigenvalue weighted by Gasteiger charge is -2.15. The Kier molecular flexibility index (Phi) is 5.95. The van der Waals surface area contributed by atoms with Crippen LogP contribution in [0.4, 0.5) is 5.69 Å². The molecule has 5 heteroatoms. The number of rotatable bonds is 6. The first-order valence-corrected chi connectivity index (χ1v) is 7.92. The number of nitrogens with one attached hydrogen (secondary N) is 2. The fraction of sp³-hybridized carbons (Fsp3) is 0.263. The molecule has 0 saturated heterocycles. The van der Waals surface area contributed by atoms with E-state index in [0.717, 1.165) is 6.42 Å². The van der Waals surface area contributed by atoms with Crippen LogP contribution in [0.25, 0.3) is 0 Å². The standard InChI is InChI=1S/C19H22N2O3/c1-4-14-5-11-17(12-6-14)24-13(2)18(22)21-16-9-7-15(8-10-16)19(23)20-3/h5-13H,4H2,1-3H3,(H,20,23)(H,21,22). The quantitative estimate of drug-likeness (QED) is 0.857. The number of hydrogen-bond acceptors (Lipinski definition) is 3. The lowest BCUT2D eigenvalue weighted by atomic mass is 10.2. The number of hydrogen-bond donors (Lipinski definition) is 2. The number of benzene rings is 2. The molecule has 24 heavy (non-hydrogen) atoms. The minimum Gasteiger partial charge on any atom is -0.481 e. The van der Waals surface area contributed by atoms with Crippen molar-refractivity contribution in [3.63, 3.8) is 0 Å². The van der Waals surface area contributed by atoms with Gasteiger partial charge in [0.1, 0.15) is 5.75 Å². The molecule has 5 nitrogen and oxygen atoms in total. The van der Waals surface area contributed by atoms with Crippen LogP contribution in [-0.2, 0) is 11.2 Å². The van der Waals surface area contributed by atoms with Crippen molar-refractivity contribution in [3.05, 3.63) is 59.7 Å². The van der Waals surface area contributed by atoms with Gasteiger partial charge in [-0.1, -0.05) is 19.1 Å². The van der Waals surface area contributed by atoms with Gasteiger partial charge in [-0.15, -0.1) is 0 Å². The van der Waals surface area contributed by atoms with Gasteiger partial charge in [-0.2, -0.15) is 0 Å². The zero-order valence-electron chi connectivity index (χ0n) is 14.1. The second kappa shape index (κ2) is 8.15. The van der Waals surface area contributed by atoms with Gasteiger partial charge in [0.2, 0.25) is 0 Å². The Morgan fingerprint density at radius 1 is 1.04 bits per heavy atom. The summed E-state index contributed by atoms with van der Waals surface area (Å²) in [5, 5.41) is 5.32. The van der Waals surface area contributed by atoms with Crippen molar-refractivity contribution in [1.29, 1.82) is 0 Å². The summed E-state index contributed by atoms with van der Waals surface area (Å²) in [6, 6.07) is 14.4. The highest BCUT2D eigenvalue weighted by molar-refractivity contribution is 5.96. The van der Waals surface area contributed by atoms with E-state index in [1.165, 1.54) is 5.56 Å². The molecule has 0 aromatic heterocycles. The lowest BCUT2D eigenvalue weighted by molar-refractivity contribution is -0.122. The van der Waals surface area contributed by atoms with E-state index in [9.17, 15) is 9.59 Å². The van der Waals surface area contributed by atoms with E-state index in [1.54, 1.807) is 38.2 Å². The SMILES string of the molecule is CCc1ccc(OC(C)C(=O)Nc2ccc(C(=O)NC)cc2)cc1. The molecule has 0 aliphatic carbocycles. The Morgan fingerprint density at radius 3 is 2.21 bits per heavy atom. The Hall–Kier alpha value is -2.82. The maximum atomic E-state index is 12.2. The molecule has 0 aliphatic heterocycles. The van der Waals surface area contributed by atoms with E-state index in [1.807, 2.05) is 24.3 Å². The highest BCUT2D eigenvalue weighted by Crippen LogP contribution is 2.15. The molecule has 0 radical (unpaired) electrons. The normalized spacial score (nSPS) is 11.5. The van der Waals surface area contributed by atoms with E-state index in [2.05, 4.69) is 17.6 Å². The molecule has 2 rings (SSSR count). The van der Waals surface area contributed by atoms with Crippen molar-refractivity contribution in [3.8, 4) is 5.75 Å². The van der Waals surface area contributed by atoms with Gasteiger partial charge in [-0.05, 0) is 55.3 Å². The summed E-state index contributed by atoms with van der Waals surface area (Å²) in [4.78, 5) is 23.7. The number of aryl methyl sites for hydroxylation is 1. The smallest absolute Gasteiger partial charge is 0.265 e. The van der Waals surface area contributed by atoms with Crippen LogP contribution < -0.4 is 15.4 Å².